The van der Waals surface area contributed by atoms with Crippen molar-refractivity contribution in [1.29, 1.82) is 0 Å². The number of nitrogens with zero attached hydrogens (tertiary/aromatic N) is 3. The number of hydrogen-bond acceptors (Lipinski definition) is 6. The van der Waals surface area contributed by atoms with E-state index < -0.39 is 17.8 Å². The molecular formula is C21H22N4O4. The number of imide groups is 2. The van der Waals surface area contributed by atoms with E-state index in [-0.39, 0.29) is 5.57 Å². The Morgan fingerprint density at radius 3 is 2.52 bits per heavy atom. The van der Waals surface area contributed by atoms with E-state index in [9.17, 15) is 14.4 Å². The van der Waals surface area contributed by atoms with Crippen molar-refractivity contribution in [3.8, 4) is 0 Å². The van der Waals surface area contributed by atoms with Gasteiger partial charge in [0.05, 0.1) is 5.69 Å². The van der Waals surface area contributed by atoms with Gasteiger partial charge in [0, 0.05) is 32.2 Å². The molecule has 1 aromatic heterocycles. The predicted molar refractivity (Wildman–Crippen MR) is 109 cm³/mol. The van der Waals surface area contributed by atoms with Crippen LogP contribution in [-0.2, 0) is 9.59 Å². The summed E-state index contributed by atoms with van der Waals surface area (Å²) in [6.07, 6.45) is 1.38. The maximum Gasteiger partial charge on any atom is 0.335 e. The minimum absolute atomic E-state index is 0.148. The molecule has 2 aliphatic rings. The summed E-state index contributed by atoms with van der Waals surface area (Å²) in [7, 11) is 2.07. The molecule has 0 spiro atoms. The number of amides is 4. The van der Waals surface area contributed by atoms with Crippen LogP contribution in [0.15, 0.2) is 46.4 Å². The fourth-order valence-electron chi connectivity index (χ4n) is 3.42. The minimum Gasteiger partial charge on any atom is -0.441 e. The summed E-state index contributed by atoms with van der Waals surface area (Å²) < 4.78 is 5.84. The highest BCUT2D eigenvalue weighted by molar-refractivity contribution is 6.39. The van der Waals surface area contributed by atoms with Gasteiger partial charge in [0.1, 0.15) is 11.3 Å². The summed E-state index contributed by atoms with van der Waals surface area (Å²) in [6, 6.07) is 9.75. The highest BCUT2D eigenvalue weighted by atomic mass is 16.4. The molecule has 2 aliphatic heterocycles. The summed E-state index contributed by atoms with van der Waals surface area (Å²) in [5, 5.41) is 2.22. The maximum absolute atomic E-state index is 12.9. The lowest BCUT2D eigenvalue weighted by molar-refractivity contribution is -0.122. The molecule has 1 aromatic carbocycles. The van der Waals surface area contributed by atoms with Crippen LogP contribution < -0.4 is 15.1 Å². The Hall–Kier alpha value is -3.39. The Kier molecular flexibility index (Phi) is 4.94. The molecule has 0 radical (unpaired) electrons. The van der Waals surface area contributed by atoms with Crippen LogP contribution in [0.4, 0.5) is 16.4 Å². The fraction of sp³-hybridized carbons (Fsp3) is 0.286. The molecule has 2 aromatic rings. The average Bonchev–Trinajstić information content (AvgIpc) is 3.14. The van der Waals surface area contributed by atoms with Gasteiger partial charge in [0.15, 0.2) is 5.88 Å². The van der Waals surface area contributed by atoms with Crippen molar-refractivity contribution < 1.29 is 18.8 Å². The molecule has 2 fully saturated rings. The number of furan rings is 1. The van der Waals surface area contributed by atoms with Gasteiger partial charge in [0.2, 0.25) is 0 Å². The van der Waals surface area contributed by atoms with Crippen molar-refractivity contribution in [1.82, 2.24) is 10.2 Å². The molecule has 2 saturated heterocycles. The summed E-state index contributed by atoms with van der Waals surface area (Å²) in [4.78, 5) is 42.8. The lowest BCUT2D eigenvalue weighted by Crippen LogP contribution is -2.54. The second kappa shape index (κ2) is 7.56. The fourth-order valence-corrected chi connectivity index (χ4v) is 3.42. The highest BCUT2D eigenvalue weighted by Crippen LogP contribution is 2.25. The number of barbiturate groups is 1. The van der Waals surface area contributed by atoms with Crippen LogP contribution in [0.5, 0.6) is 0 Å². The number of urea groups is 1. The minimum atomic E-state index is -0.764. The molecule has 8 heteroatoms. The molecule has 0 atom stereocenters. The number of carbonyl (C=O) groups is 3. The van der Waals surface area contributed by atoms with E-state index in [1.165, 1.54) is 6.08 Å². The number of anilines is 2. The Morgan fingerprint density at radius 2 is 1.79 bits per heavy atom. The Morgan fingerprint density at radius 1 is 1.03 bits per heavy atom. The third kappa shape index (κ3) is 3.79. The van der Waals surface area contributed by atoms with Crippen molar-refractivity contribution in [3.05, 3.63) is 53.3 Å². The van der Waals surface area contributed by atoms with Crippen molar-refractivity contribution in [2.75, 3.05) is 43.0 Å². The van der Waals surface area contributed by atoms with Gasteiger partial charge in [-0.25, -0.2) is 9.69 Å². The quantitative estimate of drug-likeness (QED) is 0.633. The largest absolute Gasteiger partial charge is 0.441 e. The molecule has 150 valence electrons. The first kappa shape index (κ1) is 18.9. The van der Waals surface area contributed by atoms with Gasteiger partial charge in [0.25, 0.3) is 11.8 Å². The van der Waals surface area contributed by atoms with Crippen molar-refractivity contribution in [3.63, 3.8) is 0 Å². The number of hydrogen-bond donors (Lipinski definition) is 1. The van der Waals surface area contributed by atoms with Crippen LogP contribution in [-0.4, -0.2) is 56.0 Å². The summed E-state index contributed by atoms with van der Waals surface area (Å²) in [5.41, 5.74) is 1.15. The zero-order valence-electron chi connectivity index (χ0n) is 16.3. The zero-order chi connectivity index (χ0) is 20.5. The number of aryl methyl sites for hydroxylation is 1. The number of benzene rings is 1. The van der Waals surface area contributed by atoms with Gasteiger partial charge in [-0.05, 0) is 43.8 Å². The van der Waals surface area contributed by atoms with E-state index in [2.05, 4.69) is 22.2 Å². The third-order valence-corrected chi connectivity index (χ3v) is 5.08. The van der Waals surface area contributed by atoms with E-state index >= 15 is 0 Å². The van der Waals surface area contributed by atoms with Crippen LogP contribution in [0.3, 0.4) is 0 Å². The van der Waals surface area contributed by atoms with E-state index in [1.807, 2.05) is 19.1 Å². The number of nitrogens with one attached hydrogen (secondary N) is 1. The molecule has 3 heterocycles. The topological polar surface area (TPSA) is 86.1 Å². The first-order valence-corrected chi connectivity index (χ1v) is 9.44. The maximum atomic E-state index is 12.9. The molecule has 4 amide bonds. The molecule has 29 heavy (non-hydrogen) atoms. The SMILES string of the molecule is Cc1cccc(N2C(=O)NC(=O)/C(=C/c3ccc(N4CCN(C)CC4)o3)C2=O)c1. The van der Waals surface area contributed by atoms with Gasteiger partial charge < -0.3 is 14.2 Å². The zero-order valence-corrected chi connectivity index (χ0v) is 16.3. The molecule has 8 nitrogen and oxygen atoms in total. The predicted octanol–water partition coefficient (Wildman–Crippen LogP) is 2.01. The Labute approximate surface area is 168 Å². The van der Waals surface area contributed by atoms with Gasteiger partial charge in [-0.15, -0.1) is 0 Å². The second-order valence-corrected chi connectivity index (χ2v) is 7.26. The molecule has 4 rings (SSSR count). The van der Waals surface area contributed by atoms with Crippen molar-refractivity contribution in [2.24, 2.45) is 0 Å². The first-order chi connectivity index (χ1) is 13.9. The van der Waals surface area contributed by atoms with E-state index in [0.29, 0.717) is 17.3 Å². The molecule has 0 saturated carbocycles. The van der Waals surface area contributed by atoms with E-state index in [0.717, 1.165) is 36.6 Å². The smallest absolute Gasteiger partial charge is 0.335 e. The summed E-state index contributed by atoms with van der Waals surface area (Å²) in [5.74, 6) is -0.334. The molecule has 0 unspecified atom stereocenters. The first-order valence-electron chi connectivity index (χ1n) is 9.44. The number of carbonyl (C=O) groups excluding carboxylic acids is 3. The van der Waals surface area contributed by atoms with Crippen molar-refractivity contribution >= 4 is 35.5 Å². The normalized spacial score (nSPS) is 19.8. The second-order valence-electron chi connectivity index (χ2n) is 7.26. The van der Waals surface area contributed by atoms with Gasteiger partial charge in [-0.2, -0.15) is 0 Å². The monoisotopic (exact) mass is 394 g/mol. The van der Waals surface area contributed by atoms with Crippen LogP contribution in [0.2, 0.25) is 0 Å². The van der Waals surface area contributed by atoms with E-state index in [1.54, 1.807) is 24.3 Å². The van der Waals surface area contributed by atoms with Gasteiger partial charge in [-0.1, -0.05) is 12.1 Å². The van der Waals surface area contributed by atoms with Crippen LogP contribution in [0, 0.1) is 6.92 Å². The Bertz CT molecular complexity index is 1000. The van der Waals surface area contributed by atoms with Gasteiger partial charge >= 0.3 is 6.03 Å². The molecule has 1 N–H and O–H groups in total. The van der Waals surface area contributed by atoms with Crippen LogP contribution >= 0.6 is 0 Å². The summed E-state index contributed by atoms with van der Waals surface area (Å²) >= 11 is 0. The molecule has 0 aliphatic carbocycles. The van der Waals surface area contributed by atoms with Crippen LogP contribution in [0.1, 0.15) is 11.3 Å². The number of rotatable bonds is 3. The molecular weight excluding hydrogens is 372 g/mol. The van der Waals surface area contributed by atoms with Crippen LogP contribution in [0.25, 0.3) is 6.08 Å². The van der Waals surface area contributed by atoms with Gasteiger partial charge in [-0.3, -0.25) is 14.9 Å². The lowest BCUT2D eigenvalue weighted by atomic mass is 10.1. The molecule has 0 bridgehead atoms. The standard InChI is InChI=1S/C21H22N4O4/c1-14-4-3-5-15(12-14)25-20(27)17(19(26)22-21(25)28)13-16-6-7-18(29-16)24-10-8-23(2)9-11-24/h3-7,12-13H,8-11H2,1-2H3,(H,22,26,28)/b17-13-. The number of piperazine rings is 1. The Balaban J connectivity index is 1.60. The third-order valence-electron chi connectivity index (χ3n) is 5.08. The summed E-state index contributed by atoms with van der Waals surface area (Å²) in [6.45, 7) is 5.42. The number of likely N-dealkylation sites (N-methyl/N-ethyl adjacent to an activating group) is 1. The average molecular weight is 394 g/mol. The van der Waals surface area contributed by atoms with Crippen molar-refractivity contribution in [2.45, 2.75) is 6.92 Å². The lowest BCUT2D eigenvalue weighted by Gasteiger charge is -2.32. The highest BCUT2D eigenvalue weighted by Gasteiger charge is 2.37. The van der Waals surface area contributed by atoms with E-state index in [4.69, 9.17) is 4.42 Å².